The van der Waals surface area contributed by atoms with Crippen molar-refractivity contribution in [2.45, 2.75) is 0 Å². The molecule has 3 aromatic carbocycles. The number of hydrogen-bond acceptors (Lipinski definition) is 4. The molecule has 0 aliphatic heterocycles. The molecule has 6 nitrogen and oxygen atoms in total. The SMILES string of the molecule is O=C(Nc1cccc(-c2ccc3[nH]ccc3c2)c1)c1cc2cccc(O)c2oc1=O. The van der Waals surface area contributed by atoms with Gasteiger partial charge in [-0.1, -0.05) is 30.3 Å². The average Bonchev–Trinajstić information content (AvgIpc) is 3.22. The van der Waals surface area contributed by atoms with Crippen molar-refractivity contribution in [3.8, 4) is 16.9 Å². The number of phenols is 1. The van der Waals surface area contributed by atoms with E-state index in [0.29, 0.717) is 11.1 Å². The van der Waals surface area contributed by atoms with Gasteiger partial charge in [-0.3, -0.25) is 4.79 Å². The molecule has 2 aromatic heterocycles. The highest BCUT2D eigenvalue weighted by molar-refractivity contribution is 6.06. The summed E-state index contributed by atoms with van der Waals surface area (Å²) in [6.07, 6.45) is 1.89. The van der Waals surface area contributed by atoms with E-state index in [4.69, 9.17) is 4.42 Å². The van der Waals surface area contributed by atoms with Crippen LogP contribution in [-0.2, 0) is 0 Å². The van der Waals surface area contributed by atoms with Crippen LogP contribution in [0.2, 0.25) is 0 Å². The number of amides is 1. The third-order valence-electron chi connectivity index (χ3n) is 4.99. The highest BCUT2D eigenvalue weighted by atomic mass is 16.4. The van der Waals surface area contributed by atoms with E-state index in [0.717, 1.165) is 22.0 Å². The van der Waals surface area contributed by atoms with Gasteiger partial charge in [0.1, 0.15) is 5.56 Å². The van der Waals surface area contributed by atoms with E-state index in [1.165, 1.54) is 12.1 Å². The third-order valence-corrected chi connectivity index (χ3v) is 4.99. The van der Waals surface area contributed by atoms with Crippen LogP contribution in [0.25, 0.3) is 33.0 Å². The maximum Gasteiger partial charge on any atom is 0.349 e. The van der Waals surface area contributed by atoms with Gasteiger partial charge in [0.15, 0.2) is 11.3 Å². The summed E-state index contributed by atoms with van der Waals surface area (Å²) in [5.41, 5.74) is 2.67. The molecule has 0 unspecified atom stereocenters. The van der Waals surface area contributed by atoms with Crippen molar-refractivity contribution < 1.29 is 14.3 Å². The predicted octanol–water partition coefficient (Wildman–Crippen LogP) is 4.90. The lowest BCUT2D eigenvalue weighted by Crippen LogP contribution is -2.20. The van der Waals surface area contributed by atoms with Gasteiger partial charge >= 0.3 is 5.63 Å². The number of aromatic nitrogens is 1. The fourth-order valence-corrected chi connectivity index (χ4v) is 3.50. The van der Waals surface area contributed by atoms with Crippen LogP contribution in [0, 0.1) is 0 Å². The minimum atomic E-state index is -0.810. The molecular weight excluding hydrogens is 380 g/mol. The maximum atomic E-state index is 12.7. The van der Waals surface area contributed by atoms with Crippen molar-refractivity contribution >= 4 is 33.5 Å². The Bertz CT molecular complexity index is 1480. The van der Waals surface area contributed by atoms with Crippen LogP contribution in [0.5, 0.6) is 5.75 Å². The molecule has 0 radical (unpaired) electrons. The average molecular weight is 396 g/mol. The van der Waals surface area contributed by atoms with Crippen molar-refractivity contribution in [2.75, 3.05) is 5.32 Å². The molecular formula is C24H16N2O4. The van der Waals surface area contributed by atoms with Crippen LogP contribution >= 0.6 is 0 Å². The van der Waals surface area contributed by atoms with Gasteiger partial charge in [0.25, 0.3) is 5.91 Å². The molecule has 5 rings (SSSR count). The highest BCUT2D eigenvalue weighted by Crippen LogP contribution is 2.27. The van der Waals surface area contributed by atoms with E-state index in [9.17, 15) is 14.7 Å². The summed E-state index contributed by atoms with van der Waals surface area (Å²) >= 11 is 0. The molecule has 30 heavy (non-hydrogen) atoms. The fraction of sp³-hybridized carbons (Fsp3) is 0. The van der Waals surface area contributed by atoms with E-state index in [-0.39, 0.29) is 16.9 Å². The Balaban J connectivity index is 1.47. The molecule has 5 aromatic rings. The molecule has 0 aliphatic rings. The smallest absolute Gasteiger partial charge is 0.349 e. The lowest BCUT2D eigenvalue weighted by atomic mass is 10.0. The first kappa shape index (κ1) is 17.8. The summed E-state index contributed by atoms with van der Waals surface area (Å²) < 4.78 is 5.14. The Morgan fingerprint density at radius 3 is 2.63 bits per heavy atom. The number of fused-ring (bicyclic) bond motifs is 2. The standard InChI is InChI=1S/C24H16N2O4/c27-21-6-2-4-17-13-19(24(29)30-22(17)21)23(28)26-18-5-1-3-14(12-18)15-7-8-20-16(11-15)9-10-25-20/h1-13,25,27H,(H,26,28). The summed E-state index contributed by atoms with van der Waals surface area (Å²) in [7, 11) is 0. The van der Waals surface area contributed by atoms with Crippen molar-refractivity contribution in [3.63, 3.8) is 0 Å². The zero-order valence-electron chi connectivity index (χ0n) is 15.7. The summed E-state index contributed by atoms with van der Waals surface area (Å²) in [6, 6.07) is 21.6. The van der Waals surface area contributed by atoms with Crippen molar-refractivity contribution in [1.82, 2.24) is 4.98 Å². The Morgan fingerprint density at radius 1 is 0.900 bits per heavy atom. The fourth-order valence-electron chi connectivity index (χ4n) is 3.50. The number of hydrogen-bond donors (Lipinski definition) is 3. The van der Waals surface area contributed by atoms with Crippen LogP contribution in [0.4, 0.5) is 5.69 Å². The van der Waals surface area contributed by atoms with Crippen LogP contribution in [-0.4, -0.2) is 16.0 Å². The molecule has 146 valence electrons. The Labute approximate surface area is 170 Å². The van der Waals surface area contributed by atoms with Gasteiger partial charge in [0, 0.05) is 22.8 Å². The minimum Gasteiger partial charge on any atom is -0.504 e. The lowest BCUT2D eigenvalue weighted by Gasteiger charge is -2.08. The number of aromatic hydroxyl groups is 1. The largest absolute Gasteiger partial charge is 0.504 e. The quantitative estimate of drug-likeness (QED) is 0.378. The second-order valence-corrected chi connectivity index (χ2v) is 6.96. The minimum absolute atomic E-state index is 0.0567. The Kier molecular flexibility index (Phi) is 4.10. The number of anilines is 1. The van der Waals surface area contributed by atoms with Gasteiger partial charge in [0.05, 0.1) is 0 Å². The summed E-state index contributed by atoms with van der Waals surface area (Å²) in [5.74, 6) is -0.726. The predicted molar refractivity (Wildman–Crippen MR) is 116 cm³/mol. The molecule has 0 saturated heterocycles. The van der Waals surface area contributed by atoms with Gasteiger partial charge < -0.3 is 19.8 Å². The van der Waals surface area contributed by atoms with Gasteiger partial charge in [-0.25, -0.2) is 4.79 Å². The van der Waals surface area contributed by atoms with E-state index >= 15 is 0 Å². The van der Waals surface area contributed by atoms with Crippen LogP contribution in [0.3, 0.4) is 0 Å². The van der Waals surface area contributed by atoms with Gasteiger partial charge in [-0.05, 0) is 59.0 Å². The molecule has 0 atom stereocenters. The number of benzene rings is 3. The summed E-state index contributed by atoms with van der Waals surface area (Å²) in [6.45, 7) is 0. The van der Waals surface area contributed by atoms with Gasteiger partial charge in [-0.2, -0.15) is 0 Å². The number of para-hydroxylation sites is 1. The molecule has 0 aliphatic carbocycles. The first-order valence-electron chi connectivity index (χ1n) is 9.33. The van der Waals surface area contributed by atoms with Crippen LogP contribution in [0.15, 0.2) is 88.2 Å². The second-order valence-electron chi connectivity index (χ2n) is 6.96. The molecule has 0 bridgehead atoms. The third kappa shape index (κ3) is 3.10. The summed E-state index contributed by atoms with van der Waals surface area (Å²) in [4.78, 5) is 28.1. The molecule has 0 spiro atoms. The second kappa shape index (κ2) is 6.93. The normalized spacial score (nSPS) is 11.1. The molecule has 0 fully saturated rings. The van der Waals surface area contributed by atoms with Gasteiger partial charge in [0.2, 0.25) is 0 Å². The first-order valence-corrected chi connectivity index (χ1v) is 9.33. The van der Waals surface area contributed by atoms with Crippen molar-refractivity contribution in [2.24, 2.45) is 0 Å². The number of aromatic amines is 1. The number of carbonyl (C=O) groups excluding carboxylic acids is 1. The first-order chi connectivity index (χ1) is 14.6. The Morgan fingerprint density at radius 2 is 1.73 bits per heavy atom. The van der Waals surface area contributed by atoms with Crippen molar-refractivity contribution in [3.05, 3.63) is 95.0 Å². The van der Waals surface area contributed by atoms with Crippen LogP contribution < -0.4 is 10.9 Å². The lowest BCUT2D eigenvalue weighted by molar-refractivity contribution is 0.102. The van der Waals surface area contributed by atoms with E-state index in [1.807, 2.05) is 42.6 Å². The van der Waals surface area contributed by atoms with E-state index < -0.39 is 11.5 Å². The molecule has 6 heteroatoms. The zero-order valence-corrected chi connectivity index (χ0v) is 15.7. The van der Waals surface area contributed by atoms with Crippen LogP contribution in [0.1, 0.15) is 10.4 Å². The number of rotatable bonds is 3. The number of nitrogens with one attached hydrogen (secondary N) is 2. The van der Waals surface area contributed by atoms with E-state index in [2.05, 4.69) is 16.4 Å². The molecule has 3 N–H and O–H groups in total. The number of phenolic OH excluding ortho intramolecular Hbond substituents is 1. The molecule has 1 amide bonds. The maximum absolute atomic E-state index is 12.7. The highest BCUT2D eigenvalue weighted by Gasteiger charge is 2.15. The van der Waals surface area contributed by atoms with Crippen molar-refractivity contribution in [1.29, 1.82) is 0 Å². The van der Waals surface area contributed by atoms with Gasteiger partial charge in [-0.15, -0.1) is 0 Å². The molecule has 2 heterocycles. The number of carbonyl (C=O) groups is 1. The zero-order chi connectivity index (χ0) is 20.7. The monoisotopic (exact) mass is 396 g/mol. The molecule has 0 saturated carbocycles. The number of H-pyrrole nitrogens is 1. The topological polar surface area (TPSA) is 95.3 Å². The van der Waals surface area contributed by atoms with E-state index in [1.54, 1.807) is 18.2 Å². The Hall–Kier alpha value is -4.32. The summed E-state index contributed by atoms with van der Waals surface area (Å²) in [5, 5.41) is 14.1.